The first kappa shape index (κ1) is 5.87. The van der Waals surface area contributed by atoms with Crippen LogP contribution in [0.4, 0.5) is 0 Å². The van der Waals surface area contributed by atoms with Crippen LogP contribution in [-0.4, -0.2) is 15.1 Å². The van der Waals surface area contributed by atoms with E-state index in [9.17, 15) is 8.42 Å². The van der Waals surface area contributed by atoms with Crippen molar-refractivity contribution in [1.29, 1.82) is 0 Å². The van der Waals surface area contributed by atoms with Gasteiger partial charge in [0.15, 0.2) is 0 Å². The summed E-state index contributed by atoms with van der Waals surface area (Å²) in [4.78, 5) is 0. The molecule has 6 heavy (non-hydrogen) atoms. The normalized spacial score (nSPS) is 9.67. The van der Waals surface area contributed by atoms with E-state index in [1.54, 1.807) is 0 Å². The fourth-order valence-electron chi connectivity index (χ4n) is 0.0745. The molecule has 0 unspecified atom stereocenters. The van der Waals surface area contributed by atoms with Gasteiger partial charge in [-0.25, -0.2) is 13.1 Å². The monoisotopic (exact) mass is 110 g/mol. The van der Waals surface area contributed by atoms with Gasteiger partial charge >= 0.3 is 0 Å². The molecule has 0 saturated heterocycles. The molecule has 0 bridgehead atoms. The molecule has 0 radical (unpaired) electrons. The van der Waals surface area contributed by atoms with Crippen molar-refractivity contribution in [2.75, 3.05) is 6.67 Å². The van der Waals surface area contributed by atoms with Crippen LogP contribution in [0.5, 0.6) is 0 Å². The van der Waals surface area contributed by atoms with Crippen LogP contribution in [0.25, 0.3) is 0 Å². The second kappa shape index (κ2) is 3.08. The van der Waals surface area contributed by atoms with Crippen LogP contribution in [-0.2, 0) is 10.9 Å². The first-order chi connectivity index (χ1) is 2.77. The van der Waals surface area contributed by atoms with E-state index >= 15 is 0 Å². The summed E-state index contributed by atoms with van der Waals surface area (Å²) in [6.45, 7) is -0.0152. The third-order valence-corrected chi connectivity index (χ3v) is 0.661. The minimum atomic E-state index is -2.48. The largest absolute Gasteiger partial charge is 0.318 e. The van der Waals surface area contributed by atoms with Crippen LogP contribution in [0.1, 0.15) is 0 Å². The Morgan fingerprint density at radius 3 is 2.17 bits per heavy atom. The lowest BCUT2D eigenvalue weighted by Gasteiger charge is -1.79. The van der Waals surface area contributed by atoms with Crippen molar-refractivity contribution in [2.45, 2.75) is 0 Å². The number of hydrogen-bond donors (Lipinski definition) is 3. The highest BCUT2D eigenvalue weighted by molar-refractivity contribution is 7.70. The van der Waals surface area contributed by atoms with Crippen molar-refractivity contribution in [3.8, 4) is 0 Å². The molecule has 0 amide bonds. The first-order valence-corrected chi connectivity index (χ1v) is 2.53. The second-order valence-electron chi connectivity index (χ2n) is 0.619. The molecule has 0 rings (SSSR count). The summed E-state index contributed by atoms with van der Waals surface area (Å²) >= 11 is 0. The van der Waals surface area contributed by atoms with Gasteiger partial charge < -0.3 is 5.73 Å². The summed E-state index contributed by atoms with van der Waals surface area (Å²) in [5.74, 6) is 0. The molecule has 0 aliphatic rings. The molecule has 3 N–H and O–H groups in total. The lowest BCUT2D eigenvalue weighted by molar-refractivity contribution is 0.603. The molecule has 0 aliphatic carbocycles. The molecule has 0 aliphatic heterocycles. The van der Waals surface area contributed by atoms with E-state index < -0.39 is 10.9 Å². The maximum Gasteiger partial charge on any atom is 0.202 e. The van der Waals surface area contributed by atoms with Crippen LogP contribution >= 0.6 is 0 Å². The minimum absolute atomic E-state index is 0.0152. The van der Waals surface area contributed by atoms with Crippen molar-refractivity contribution < 1.29 is 8.42 Å². The zero-order valence-electron chi connectivity index (χ0n) is 3.05. The fraction of sp³-hybridized carbons (Fsp3) is 1.00. The van der Waals surface area contributed by atoms with Crippen LogP contribution in [0.3, 0.4) is 0 Å². The molecule has 5 heteroatoms. The molecule has 4 nitrogen and oxygen atoms in total. The summed E-state index contributed by atoms with van der Waals surface area (Å²) in [6, 6.07) is 0. The molecular formula is CH6N2O2S. The average Bonchev–Trinajstić information content (AvgIpc) is 1.35. The highest BCUT2D eigenvalue weighted by Crippen LogP contribution is 1.39. The molecule has 38 valence electrons. The van der Waals surface area contributed by atoms with E-state index in [1.807, 2.05) is 4.72 Å². The van der Waals surface area contributed by atoms with E-state index in [1.165, 1.54) is 0 Å². The van der Waals surface area contributed by atoms with Crippen LogP contribution in [0, 0.1) is 0 Å². The highest BCUT2D eigenvalue weighted by Gasteiger charge is 1.70. The van der Waals surface area contributed by atoms with E-state index in [-0.39, 0.29) is 6.67 Å². The highest BCUT2D eigenvalue weighted by atomic mass is 32.2. The number of hydrogen-bond acceptors (Lipinski definition) is 3. The third kappa shape index (κ3) is 3.87. The molecule has 0 atom stereocenters. The van der Waals surface area contributed by atoms with Crippen molar-refractivity contribution in [1.82, 2.24) is 4.72 Å². The van der Waals surface area contributed by atoms with E-state index in [0.29, 0.717) is 0 Å². The van der Waals surface area contributed by atoms with Crippen molar-refractivity contribution >= 4 is 10.9 Å². The van der Waals surface area contributed by atoms with Crippen LogP contribution in [0.15, 0.2) is 0 Å². The van der Waals surface area contributed by atoms with Crippen LogP contribution in [0.2, 0.25) is 0 Å². The van der Waals surface area contributed by atoms with Gasteiger partial charge in [0.2, 0.25) is 10.9 Å². The Bertz CT molecular complexity index is 79.5. The maximum absolute atomic E-state index is 9.45. The Kier molecular flexibility index (Phi) is 3.01. The molecule has 0 aromatic heterocycles. The Labute approximate surface area is 37.4 Å². The Morgan fingerprint density at radius 2 is 2.17 bits per heavy atom. The van der Waals surface area contributed by atoms with Gasteiger partial charge in [0.25, 0.3) is 0 Å². The zero-order valence-corrected chi connectivity index (χ0v) is 3.94. The maximum atomic E-state index is 9.45. The molecule has 0 aromatic rings. The molecular weight excluding hydrogens is 104 g/mol. The predicted molar refractivity (Wildman–Crippen MR) is 22.5 cm³/mol. The molecule has 0 spiro atoms. The first-order valence-electron chi connectivity index (χ1n) is 1.35. The average molecular weight is 110 g/mol. The van der Waals surface area contributed by atoms with E-state index in [4.69, 9.17) is 5.73 Å². The topological polar surface area (TPSA) is 72.2 Å². The van der Waals surface area contributed by atoms with Crippen molar-refractivity contribution in [3.05, 3.63) is 0 Å². The Balaban J connectivity index is 3.07. The predicted octanol–water partition coefficient (Wildman–Crippen LogP) is -1.98. The minimum Gasteiger partial charge on any atom is -0.318 e. The third-order valence-electron chi connectivity index (χ3n) is 0.220. The van der Waals surface area contributed by atoms with Gasteiger partial charge in [-0.3, -0.25) is 0 Å². The standard InChI is InChI=1S/CH6N2O2S/c2-1-3-6(4)5/h6H,1-2H2,(H,3,4,5). The summed E-state index contributed by atoms with van der Waals surface area (Å²) in [7, 11) is -2.48. The molecule has 0 aromatic carbocycles. The van der Waals surface area contributed by atoms with Gasteiger partial charge in [0.05, 0.1) is 6.67 Å². The summed E-state index contributed by atoms with van der Waals surface area (Å²) in [6.07, 6.45) is 0. The number of thiol groups is 1. The van der Waals surface area contributed by atoms with Gasteiger partial charge in [-0.2, -0.15) is 0 Å². The quantitative estimate of drug-likeness (QED) is 0.285. The van der Waals surface area contributed by atoms with Crippen molar-refractivity contribution in [2.24, 2.45) is 5.73 Å². The Morgan fingerprint density at radius 1 is 1.67 bits per heavy atom. The second-order valence-corrected chi connectivity index (χ2v) is 1.45. The Hall–Kier alpha value is -0.130. The van der Waals surface area contributed by atoms with Gasteiger partial charge in [-0.05, 0) is 0 Å². The number of nitrogens with one attached hydrogen (secondary N) is 1. The van der Waals surface area contributed by atoms with Gasteiger partial charge in [-0.1, -0.05) is 0 Å². The van der Waals surface area contributed by atoms with Crippen molar-refractivity contribution in [3.63, 3.8) is 0 Å². The SMILES string of the molecule is NCN[SH](=O)=O. The molecule has 0 heterocycles. The van der Waals surface area contributed by atoms with E-state index in [0.717, 1.165) is 0 Å². The molecule has 0 saturated carbocycles. The smallest absolute Gasteiger partial charge is 0.202 e. The van der Waals surface area contributed by atoms with Gasteiger partial charge in [-0.15, -0.1) is 0 Å². The van der Waals surface area contributed by atoms with Gasteiger partial charge in [0.1, 0.15) is 0 Å². The van der Waals surface area contributed by atoms with E-state index in [2.05, 4.69) is 0 Å². The summed E-state index contributed by atoms with van der Waals surface area (Å²) in [5, 5.41) is 0. The number of nitrogens with two attached hydrogens (primary N) is 1. The molecule has 0 fully saturated rings. The van der Waals surface area contributed by atoms with Crippen LogP contribution < -0.4 is 10.5 Å². The fourth-order valence-corrected chi connectivity index (χ4v) is 0.224. The lowest BCUT2D eigenvalue weighted by atomic mass is 11.3. The lowest BCUT2D eigenvalue weighted by Crippen LogP contribution is -2.19. The summed E-state index contributed by atoms with van der Waals surface area (Å²) < 4.78 is 20.8. The van der Waals surface area contributed by atoms with Gasteiger partial charge in [0, 0.05) is 0 Å². The zero-order chi connectivity index (χ0) is 4.99. The summed E-state index contributed by atoms with van der Waals surface area (Å²) in [5.41, 5.74) is 4.73. The number of rotatable bonds is 2.